The van der Waals surface area contributed by atoms with Crippen LogP contribution in [0.15, 0.2) is 77.0 Å². The van der Waals surface area contributed by atoms with Crippen molar-refractivity contribution in [3.8, 4) is 0 Å². The van der Waals surface area contributed by atoms with Gasteiger partial charge in [0, 0.05) is 30.2 Å². The third-order valence-electron chi connectivity index (χ3n) is 5.48. The summed E-state index contributed by atoms with van der Waals surface area (Å²) in [6, 6.07) is 21.5. The lowest BCUT2D eigenvalue weighted by molar-refractivity contribution is 0.0526. The van der Waals surface area contributed by atoms with Crippen molar-refractivity contribution in [3.05, 3.63) is 77.9 Å². The molecular weight excluding hydrogens is 400 g/mol. The fourth-order valence-corrected chi connectivity index (χ4v) is 3.73. The highest BCUT2D eigenvalue weighted by Gasteiger charge is 2.11. The monoisotopic (exact) mass is 428 g/mol. The summed E-state index contributed by atoms with van der Waals surface area (Å²) >= 11 is 0. The van der Waals surface area contributed by atoms with Crippen molar-refractivity contribution in [1.29, 1.82) is 0 Å². The highest BCUT2D eigenvalue weighted by Crippen LogP contribution is 2.28. The van der Waals surface area contributed by atoms with Crippen LogP contribution >= 0.6 is 0 Å². The van der Waals surface area contributed by atoms with Crippen LogP contribution in [0.4, 0.5) is 28.4 Å². The fourth-order valence-electron chi connectivity index (χ4n) is 3.73. The predicted octanol–water partition coefficient (Wildman–Crippen LogP) is 6.93. The number of carbonyl (C=O) groups is 1. The summed E-state index contributed by atoms with van der Waals surface area (Å²) in [4.78, 5) is 14.2. The van der Waals surface area contributed by atoms with E-state index in [1.54, 1.807) is 19.1 Å². The molecule has 3 aromatic carbocycles. The summed E-state index contributed by atoms with van der Waals surface area (Å²) in [6.45, 7) is 6.45. The number of nitrogens with one attached hydrogen (secondary N) is 1. The molecule has 0 spiro atoms. The summed E-state index contributed by atoms with van der Waals surface area (Å²) in [6.07, 6.45) is 2.54. The number of ether oxygens (including phenoxy) is 1. The summed E-state index contributed by atoms with van der Waals surface area (Å²) in [5.74, 6) is -0.310. The van der Waals surface area contributed by atoms with Gasteiger partial charge < -0.3 is 15.0 Å². The van der Waals surface area contributed by atoms with Crippen molar-refractivity contribution in [3.63, 3.8) is 0 Å². The number of carbonyl (C=O) groups excluding carboxylic acids is 1. The molecule has 4 rings (SSSR count). The maximum atomic E-state index is 11.8. The van der Waals surface area contributed by atoms with Crippen LogP contribution in [0.1, 0.15) is 35.7 Å². The Morgan fingerprint density at radius 2 is 1.62 bits per heavy atom. The molecule has 1 saturated heterocycles. The van der Waals surface area contributed by atoms with Crippen LogP contribution in [0, 0.1) is 6.92 Å². The third-order valence-corrected chi connectivity index (χ3v) is 5.48. The number of aryl methyl sites for hydroxylation is 1. The Bertz CT molecular complexity index is 1090. The van der Waals surface area contributed by atoms with Crippen molar-refractivity contribution in [2.24, 2.45) is 10.2 Å². The van der Waals surface area contributed by atoms with E-state index in [1.807, 2.05) is 49.4 Å². The Kier molecular flexibility index (Phi) is 6.80. The molecule has 1 fully saturated rings. The normalized spacial score (nSPS) is 13.5. The van der Waals surface area contributed by atoms with Gasteiger partial charge in [-0.2, -0.15) is 10.2 Å². The van der Waals surface area contributed by atoms with Gasteiger partial charge in [-0.25, -0.2) is 4.79 Å². The first-order chi connectivity index (χ1) is 15.6. The number of hydrogen-bond donors (Lipinski definition) is 1. The highest BCUT2D eigenvalue weighted by molar-refractivity contribution is 5.89. The van der Waals surface area contributed by atoms with Crippen molar-refractivity contribution < 1.29 is 9.53 Å². The van der Waals surface area contributed by atoms with Gasteiger partial charge >= 0.3 is 5.97 Å². The summed E-state index contributed by atoms with van der Waals surface area (Å²) in [5.41, 5.74) is 6.33. The molecule has 0 bridgehead atoms. The molecule has 0 unspecified atom stereocenters. The quantitative estimate of drug-likeness (QED) is 0.327. The minimum atomic E-state index is -0.310. The fraction of sp³-hybridized carbons (Fsp3) is 0.269. The molecule has 1 N–H and O–H groups in total. The van der Waals surface area contributed by atoms with Crippen LogP contribution in [0.3, 0.4) is 0 Å². The van der Waals surface area contributed by atoms with Crippen LogP contribution in [-0.4, -0.2) is 25.7 Å². The van der Waals surface area contributed by atoms with Gasteiger partial charge in [-0.3, -0.25) is 0 Å². The van der Waals surface area contributed by atoms with Crippen molar-refractivity contribution >= 4 is 34.4 Å². The second-order valence-corrected chi connectivity index (χ2v) is 7.83. The number of azo groups is 1. The number of rotatable bonds is 7. The topological polar surface area (TPSA) is 66.3 Å². The maximum absolute atomic E-state index is 11.8. The van der Waals surface area contributed by atoms with Gasteiger partial charge in [0.15, 0.2) is 0 Å². The van der Waals surface area contributed by atoms with Crippen molar-refractivity contribution in [1.82, 2.24) is 0 Å². The molecule has 1 aliphatic heterocycles. The molecule has 32 heavy (non-hydrogen) atoms. The molecule has 0 atom stereocenters. The molecule has 0 aromatic heterocycles. The molecule has 164 valence electrons. The Balaban J connectivity index is 1.39. The molecular formula is C26H28N4O2. The van der Waals surface area contributed by atoms with E-state index in [2.05, 4.69) is 32.6 Å². The minimum absolute atomic E-state index is 0.310. The van der Waals surface area contributed by atoms with E-state index in [9.17, 15) is 4.79 Å². The van der Waals surface area contributed by atoms with Gasteiger partial charge in [0.25, 0.3) is 0 Å². The minimum Gasteiger partial charge on any atom is -0.462 e. The first kappa shape index (κ1) is 21.6. The lowest BCUT2D eigenvalue weighted by Gasteiger charge is -2.17. The van der Waals surface area contributed by atoms with Gasteiger partial charge in [-0.05, 0) is 99.0 Å². The van der Waals surface area contributed by atoms with Gasteiger partial charge in [-0.15, -0.1) is 0 Å². The van der Waals surface area contributed by atoms with E-state index in [4.69, 9.17) is 4.74 Å². The second-order valence-electron chi connectivity index (χ2n) is 7.83. The Morgan fingerprint density at radius 1 is 0.938 bits per heavy atom. The smallest absolute Gasteiger partial charge is 0.338 e. The van der Waals surface area contributed by atoms with Crippen LogP contribution < -0.4 is 10.2 Å². The summed E-state index contributed by atoms with van der Waals surface area (Å²) < 4.78 is 5.02. The van der Waals surface area contributed by atoms with Crippen molar-refractivity contribution in [2.75, 3.05) is 29.9 Å². The molecule has 1 aliphatic rings. The van der Waals surface area contributed by atoms with E-state index in [0.717, 1.165) is 41.4 Å². The molecule has 3 aromatic rings. The van der Waals surface area contributed by atoms with E-state index >= 15 is 0 Å². The Labute approximate surface area is 188 Å². The largest absolute Gasteiger partial charge is 0.462 e. The number of anilines is 3. The van der Waals surface area contributed by atoms with E-state index in [-0.39, 0.29) is 5.97 Å². The maximum Gasteiger partial charge on any atom is 0.338 e. The molecule has 6 nitrogen and oxygen atoms in total. The standard InChI is InChI=1S/C26H28N4O2/c1-3-32-26(31)20-6-8-21(9-7-20)27-23-12-15-25(19(2)18-23)29-28-22-10-13-24(14-11-22)30-16-4-5-17-30/h6-15,18,27H,3-5,16-17H2,1-2H3/b29-28+. The van der Waals surface area contributed by atoms with Gasteiger partial charge in [0.1, 0.15) is 0 Å². The van der Waals surface area contributed by atoms with E-state index < -0.39 is 0 Å². The number of benzene rings is 3. The Hall–Kier alpha value is -3.67. The summed E-state index contributed by atoms with van der Waals surface area (Å²) in [5, 5.41) is 12.2. The van der Waals surface area contributed by atoms with E-state index in [1.165, 1.54) is 18.5 Å². The lowest BCUT2D eigenvalue weighted by Crippen LogP contribution is -2.17. The zero-order valence-electron chi connectivity index (χ0n) is 18.5. The zero-order chi connectivity index (χ0) is 22.3. The Morgan fingerprint density at radius 3 is 2.28 bits per heavy atom. The van der Waals surface area contributed by atoms with Crippen molar-refractivity contribution in [2.45, 2.75) is 26.7 Å². The number of hydrogen-bond acceptors (Lipinski definition) is 6. The first-order valence-corrected chi connectivity index (χ1v) is 11.0. The van der Waals surface area contributed by atoms with Crippen LogP contribution in [0.5, 0.6) is 0 Å². The number of esters is 1. The molecule has 0 aliphatic carbocycles. The molecule has 0 amide bonds. The third kappa shape index (κ3) is 5.32. The molecule has 1 heterocycles. The summed E-state index contributed by atoms with van der Waals surface area (Å²) in [7, 11) is 0. The van der Waals surface area contributed by atoms with Gasteiger partial charge in [-0.1, -0.05) is 0 Å². The first-order valence-electron chi connectivity index (χ1n) is 11.0. The second kappa shape index (κ2) is 10.1. The number of nitrogens with zero attached hydrogens (tertiary/aromatic N) is 3. The van der Waals surface area contributed by atoms with E-state index in [0.29, 0.717) is 12.2 Å². The predicted molar refractivity (Wildman–Crippen MR) is 129 cm³/mol. The van der Waals surface area contributed by atoms with Crippen LogP contribution in [-0.2, 0) is 4.74 Å². The van der Waals surface area contributed by atoms with Gasteiger partial charge in [0.05, 0.1) is 23.5 Å². The van der Waals surface area contributed by atoms with Crippen LogP contribution in [0.25, 0.3) is 0 Å². The van der Waals surface area contributed by atoms with Gasteiger partial charge in [0.2, 0.25) is 0 Å². The molecule has 6 heteroatoms. The average Bonchev–Trinajstić information content (AvgIpc) is 3.35. The van der Waals surface area contributed by atoms with Crippen LogP contribution in [0.2, 0.25) is 0 Å². The average molecular weight is 429 g/mol. The molecule has 0 saturated carbocycles. The lowest BCUT2D eigenvalue weighted by atomic mass is 10.1. The zero-order valence-corrected chi connectivity index (χ0v) is 18.5. The SMILES string of the molecule is CCOC(=O)c1ccc(Nc2ccc(/N=N/c3ccc(N4CCCC4)cc3)c(C)c2)cc1. The molecule has 0 radical (unpaired) electrons. The highest BCUT2D eigenvalue weighted by atomic mass is 16.5.